The number of carbonyl (C=O) groups is 4. The summed E-state index contributed by atoms with van der Waals surface area (Å²) in [6.45, 7) is 4.30. The zero-order valence-electron chi connectivity index (χ0n) is 20.9. The number of nitrogen functional groups attached to an aromatic ring is 1. The third kappa shape index (κ3) is 8.50. The molecule has 0 aromatic carbocycles. The number of aryl methyl sites for hydroxylation is 1. The molecule has 0 saturated carbocycles. The fourth-order valence-corrected chi connectivity index (χ4v) is 3.43. The summed E-state index contributed by atoms with van der Waals surface area (Å²) in [5.41, 5.74) is 5.52. The Bertz CT molecular complexity index is 1010. The number of carbonyl (C=O) groups excluding carboxylic acids is 4. The number of methoxy groups -OCH3 is 1. The Morgan fingerprint density at radius 2 is 1.67 bits per heavy atom. The third-order valence-electron chi connectivity index (χ3n) is 5.37. The van der Waals surface area contributed by atoms with E-state index in [0.29, 0.717) is 5.56 Å². The molecule has 0 spiro atoms. The van der Waals surface area contributed by atoms with Crippen LogP contribution in [0.2, 0.25) is 0 Å². The van der Waals surface area contributed by atoms with Crippen LogP contribution in [0.4, 0.5) is 5.82 Å². The molecule has 1 aliphatic rings. The highest BCUT2D eigenvalue weighted by Gasteiger charge is 2.50. The van der Waals surface area contributed by atoms with Gasteiger partial charge in [-0.3, -0.25) is 14.2 Å². The highest BCUT2D eigenvalue weighted by molar-refractivity contribution is 5.81. The molecule has 1 aliphatic heterocycles. The average Bonchev–Trinajstić information content (AvgIpc) is 3.14. The second kappa shape index (κ2) is 13.8. The fraction of sp³-hybridized carbons (Fsp3) is 0.652. The Morgan fingerprint density at radius 1 is 1.03 bits per heavy atom. The minimum absolute atomic E-state index is 0.0176. The van der Waals surface area contributed by atoms with Crippen LogP contribution in [0.3, 0.4) is 0 Å². The molecule has 0 radical (unpaired) electrons. The number of anilines is 1. The van der Waals surface area contributed by atoms with E-state index in [1.807, 2.05) is 0 Å². The molecule has 0 bridgehead atoms. The number of ether oxygens (including phenoxy) is 5. The predicted molar refractivity (Wildman–Crippen MR) is 124 cm³/mol. The molecule has 1 aromatic heterocycles. The van der Waals surface area contributed by atoms with E-state index in [-0.39, 0.29) is 62.9 Å². The quantitative estimate of drug-likeness (QED) is 0.267. The van der Waals surface area contributed by atoms with Gasteiger partial charge in [0.25, 0.3) is 0 Å². The van der Waals surface area contributed by atoms with Crippen molar-refractivity contribution in [2.75, 3.05) is 32.7 Å². The molecule has 2 heterocycles. The lowest BCUT2D eigenvalue weighted by Crippen LogP contribution is -2.42. The van der Waals surface area contributed by atoms with Crippen LogP contribution in [0.25, 0.3) is 0 Å². The molecular formula is C23H33N3O10. The first-order chi connectivity index (χ1) is 17.0. The lowest BCUT2D eigenvalue weighted by molar-refractivity contribution is -0.162. The van der Waals surface area contributed by atoms with Crippen molar-refractivity contribution in [3.05, 3.63) is 22.2 Å². The first-order valence-electron chi connectivity index (χ1n) is 11.5. The maximum atomic E-state index is 12.6. The number of nitrogens with two attached hydrogens (primary N) is 1. The van der Waals surface area contributed by atoms with Gasteiger partial charge in [-0.15, -0.1) is 0 Å². The number of hydrogen-bond acceptors (Lipinski definition) is 12. The largest absolute Gasteiger partial charge is 0.463 e. The molecule has 4 atom stereocenters. The third-order valence-corrected chi connectivity index (χ3v) is 5.37. The van der Waals surface area contributed by atoms with Crippen molar-refractivity contribution in [3.63, 3.8) is 0 Å². The summed E-state index contributed by atoms with van der Waals surface area (Å²) in [5, 5.41) is 0. The van der Waals surface area contributed by atoms with Gasteiger partial charge in [0.05, 0.1) is 26.1 Å². The molecule has 2 rings (SSSR count). The van der Waals surface area contributed by atoms with Gasteiger partial charge >= 0.3 is 17.6 Å². The van der Waals surface area contributed by atoms with Gasteiger partial charge in [-0.1, -0.05) is 0 Å². The molecule has 1 aromatic rings. The fourth-order valence-electron chi connectivity index (χ4n) is 3.43. The summed E-state index contributed by atoms with van der Waals surface area (Å²) in [6, 6.07) is 0. The predicted octanol–water partition coefficient (Wildman–Crippen LogP) is 0.256. The Kier molecular flexibility index (Phi) is 11.1. The molecule has 0 amide bonds. The molecular weight excluding hydrogens is 478 g/mol. The Balaban J connectivity index is 2.34. The average molecular weight is 512 g/mol. The number of Topliss-reactive ketones (excluding diaryl/α,β-unsaturated/α-hetero) is 2. The van der Waals surface area contributed by atoms with Gasteiger partial charge < -0.3 is 39.0 Å². The first-order valence-corrected chi connectivity index (χ1v) is 11.5. The van der Waals surface area contributed by atoms with E-state index in [9.17, 15) is 24.0 Å². The minimum atomic E-state index is -1.10. The number of hydrogen-bond donors (Lipinski definition) is 1. The summed E-state index contributed by atoms with van der Waals surface area (Å²) in [5.74, 6) is -1.64. The van der Waals surface area contributed by atoms with Crippen molar-refractivity contribution in [2.24, 2.45) is 0 Å². The van der Waals surface area contributed by atoms with Crippen molar-refractivity contribution in [1.82, 2.24) is 9.55 Å². The molecule has 0 aliphatic carbocycles. The van der Waals surface area contributed by atoms with Gasteiger partial charge in [0, 0.05) is 31.7 Å². The van der Waals surface area contributed by atoms with E-state index < -0.39 is 42.2 Å². The van der Waals surface area contributed by atoms with Crippen LogP contribution in [0, 0.1) is 6.92 Å². The van der Waals surface area contributed by atoms with Crippen molar-refractivity contribution in [2.45, 2.75) is 71.0 Å². The summed E-state index contributed by atoms with van der Waals surface area (Å²) in [4.78, 5) is 63.5. The number of aromatic nitrogens is 2. The number of esters is 2. The highest BCUT2D eigenvalue weighted by Crippen LogP contribution is 2.34. The van der Waals surface area contributed by atoms with Crippen molar-refractivity contribution >= 4 is 29.3 Å². The lowest BCUT2D eigenvalue weighted by atomic mass is 10.1. The molecule has 13 heteroatoms. The van der Waals surface area contributed by atoms with Gasteiger partial charge in [-0.05, 0) is 20.8 Å². The SMILES string of the molecule is COCCO[C@@H]1[C@H](OC(=O)CCC(C)=O)[C@@H](COC(=O)CCC(C)=O)O[C@H]1n1cc(C)c(N)nc1=O. The van der Waals surface area contributed by atoms with E-state index in [1.54, 1.807) is 6.92 Å². The van der Waals surface area contributed by atoms with E-state index >= 15 is 0 Å². The molecule has 0 unspecified atom stereocenters. The zero-order valence-corrected chi connectivity index (χ0v) is 20.9. The van der Waals surface area contributed by atoms with Crippen LogP contribution in [0.5, 0.6) is 0 Å². The number of rotatable bonds is 14. The summed E-state index contributed by atoms with van der Waals surface area (Å²) in [6.07, 6.45) is -3.08. The summed E-state index contributed by atoms with van der Waals surface area (Å²) >= 11 is 0. The van der Waals surface area contributed by atoms with Gasteiger partial charge in [0.1, 0.15) is 36.2 Å². The second-order valence-corrected chi connectivity index (χ2v) is 8.43. The Labute approximate surface area is 208 Å². The van der Waals surface area contributed by atoms with E-state index in [1.165, 1.54) is 27.2 Å². The Hall–Kier alpha value is -3.16. The summed E-state index contributed by atoms with van der Waals surface area (Å²) < 4.78 is 29.0. The molecule has 1 fully saturated rings. The van der Waals surface area contributed by atoms with Crippen molar-refractivity contribution in [3.8, 4) is 0 Å². The van der Waals surface area contributed by atoms with Gasteiger partial charge in [0.15, 0.2) is 12.3 Å². The molecule has 13 nitrogen and oxygen atoms in total. The van der Waals surface area contributed by atoms with Gasteiger partial charge in [-0.2, -0.15) is 4.98 Å². The van der Waals surface area contributed by atoms with Crippen LogP contribution in [0.15, 0.2) is 11.0 Å². The normalized spacial score (nSPS) is 21.2. The van der Waals surface area contributed by atoms with E-state index in [2.05, 4.69) is 4.98 Å². The van der Waals surface area contributed by atoms with Gasteiger partial charge in [-0.25, -0.2) is 4.79 Å². The second-order valence-electron chi connectivity index (χ2n) is 8.43. The topological polar surface area (TPSA) is 175 Å². The number of ketones is 2. The van der Waals surface area contributed by atoms with Crippen LogP contribution >= 0.6 is 0 Å². The first kappa shape index (κ1) is 29.1. The van der Waals surface area contributed by atoms with E-state index in [0.717, 1.165) is 4.57 Å². The smallest absolute Gasteiger partial charge is 0.351 e. The van der Waals surface area contributed by atoms with Crippen molar-refractivity contribution in [1.29, 1.82) is 0 Å². The van der Waals surface area contributed by atoms with Crippen LogP contribution in [-0.2, 0) is 42.9 Å². The van der Waals surface area contributed by atoms with Crippen LogP contribution in [-0.4, -0.2) is 78.3 Å². The van der Waals surface area contributed by atoms with Crippen LogP contribution in [0.1, 0.15) is 51.3 Å². The molecule has 200 valence electrons. The van der Waals surface area contributed by atoms with E-state index in [4.69, 9.17) is 29.4 Å². The summed E-state index contributed by atoms with van der Waals surface area (Å²) in [7, 11) is 1.48. The zero-order chi connectivity index (χ0) is 26.8. The monoisotopic (exact) mass is 511 g/mol. The molecule has 1 saturated heterocycles. The molecule has 2 N–H and O–H groups in total. The van der Waals surface area contributed by atoms with Crippen molar-refractivity contribution < 1.29 is 42.9 Å². The Morgan fingerprint density at radius 3 is 2.28 bits per heavy atom. The van der Waals surface area contributed by atoms with Gasteiger partial charge in [0.2, 0.25) is 0 Å². The maximum Gasteiger partial charge on any atom is 0.351 e. The maximum absolute atomic E-state index is 12.6. The minimum Gasteiger partial charge on any atom is -0.463 e. The molecule has 36 heavy (non-hydrogen) atoms. The lowest BCUT2D eigenvalue weighted by Gasteiger charge is -2.25. The van der Waals surface area contributed by atoms with Crippen LogP contribution < -0.4 is 11.4 Å². The highest BCUT2D eigenvalue weighted by atomic mass is 16.6. The standard InChI is InChI=1S/C23H33N3O10/c1-13-11-26(23(31)25-21(13)24)22-20(33-10-9-32-4)19(36-18(30)8-6-15(3)28)16(35-22)12-34-17(29)7-5-14(2)27/h11,16,19-20,22H,5-10,12H2,1-4H3,(H2,24,25,31)/t16-,19-,20-,22-/m1/s1. The number of nitrogens with zero attached hydrogens (tertiary/aromatic N) is 2.